The molecule has 102 valence electrons. The van der Waals surface area contributed by atoms with Crippen LogP contribution in [0.1, 0.15) is 22.0 Å². The summed E-state index contributed by atoms with van der Waals surface area (Å²) >= 11 is 0. The lowest BCUT2D eigenvalue weighted by Crippen LogP contribution is -2.10. The molecule has 0 fully saturated rings. The predicted octanol–water partition coefficient (Wildman–Crippen LogP) is 4.06. The minimum atomic E-state index is -1.01. The molecule has 1 unspecified atom stereocenters. The highest BCUT2D eigenvalue weighted by molar-refractivity contribution is 6.03. The average Bonchev–Trinajstić information content (AvgIpc) is 2.93. The number of rotatable bonds is 3. The molecule has 0 saturated carbocycles. The summed E-state index contributed by atoms with van der Waals surface area (Å²) < 4.78 is 18.4. The van der Waals surface area contributed by atoms with Crippen molar-refractivity contribution in [3.8, 4) is 6.07 Å². The van der Waals surface area contributed by atoms with Crippen molar-refractivity contribution in [2.24, 2.45) is 0 Å². The molecule has 0 saturated heterocycles. The molecule has 3 nitrogen and oxygen atoms in total. The third kappa shape index (κ3) is 2.41. The summed E-state index contributed by atoms with van der Waals surface area (Å²) in [7, 11) is 0. The number of furan rings is 1. The number of carbonyl (C=O) groups is 1. The first-order valence-corrected chi connectivity index (χ1v) is 6.37. The van der Waals surface area contributed by atoms with E-state index in [1.165, 1.54) is 24.3 Å². The lowest BCUT2D eigenvalue weighted by atomic mass is 9.95. The minimum Gasteiger partial charge on any atom is -0.453 e. The first-order valence-electron chi connectivity index (χ1n) is 6.37. The summed E-state index contributed by atoms with van der Waals surface area (Å²) in [4.78, 5) is 12.4. The van der Waals surface area contributed by atoms with E-state index in [0.717, 1.165) is 5.39 Å². The quantitative estimate of drug-likeness (QED) is 0.679. The largest absolute Gasteiger partial charge is 0.453 e. The summed E-state index contributed by atoms with van der Waals surface area (Å²) in [5.74, 6) is -1.72. The van der Waals surface area contributed by atoms with E-state index in [1.54, 1.807) is 12.1 Å². The first-order chi connectivity index (χ1) is 10.2. The topological polar surface area (TPSA) is 54.0 Å². The Bertz CT molecular complexity index is 810. The fraction of sp³-hybridized carbons (Fsp3) is 0.0588. The SMILES string of the molecule is N#CC(C(=O)c1cc2ccccc2o1)c1ccc(F)cc1. The van der Waals surface area contributed by atoms with E-state index in [0.29, 0.717) is 11.1 Å². The van der Waals surface area contributed by atoms with Gasteiger partial charge in [0.1, 0.15) is 17.3 Å². The first kappa shape index (κ1) is 13.1. The maximum absolute atomic E-state index is 12.9. The van der Waals surface area contributed by atoms with E-state index in [4.69, 9.17) is 4.42 Å². The zero-order chi connectivity index (χ0) is 14.8. The van der Waals surface area contributed by atoms with Gasteiger partial charge < -0.3 is 4.42 Å². The Morgan fingerprint density at radius 3 is 2.52 bits per heavy atom. The van der Waals surface area contributed by atoms with Crippen molar-refractivity contribution in [2.75, 3.05) is 0 Å². The number of nitriles is 1. The summed E-state index contributed by atoms with van der Waals surface area (Å²) in [6.07, 6.45) is 0. The second-order valence-corrected chi connectivity index (χ2v) is 4.63. The monoisotopic (exact) mass is 279 g/mol. The third-order valence-corrected chi connectivity index (χ3v) is 3.26. The molecular weight excluding hydrogens is 269 g/mol. The van der Waals surface area contributed by atoms with Crippen LogP contribution in [0.15, 0.2) is 59.0 Å². The Kier molecular flexibility index (Phi) is 3.25. The minimum absolute atomic E-state index is 0.132. The molecule has 0 radical (unpaired) electrons. The van der Waals surface area contributed by atoms with Gasteiger partial charge in [0.05, 0.1) is 6.07 Å². The maximum Gasteiger partial charge on any atom is 0.219 e. The molecule has 0 aliphatic rings. The Balaban J connectivity index is 1.99. The number of carbonyl (C=O) groups excluding carboxylic acids is 1. The molecular formula is C17H10FNO2. The number of hydrogen-bond acceptors (Lipinski definition) is 3. The van der Waals surface area contributed by atoms with Gasteiger partial charge in [-0.1, -0.05) is 30.3 Å². The van der Waals surface area contributed by atoms with Crippen LogP contribution in [-0.4, -0.2) is 5.78 Å². The molecule has 1 heterocycles. The standard InChI is InChI=1S/C17H10FNO2/c18-13-7-5-11(6-8-13)14(10-19)17(20)16-9-12-3-1-2-4-15(12)21-16/h1-9,14H. The number of halogens is 1. The third-order valence-electron chi connectivity index (χ3n) is 3.26. The van der Waals surface area contributed by atoms with E-state index in [-0.39, 0.29) is 5.76 Å². The van der Waals surface area contributed by atoms with Crippen LogP contribution in [0.3, 0.4) is 0 Å². The normalized spacial score (nSPS) is 12.0. The summed E-state index contributed by atoms with van der Waals surface area (Å²) in [5, 5.41) is 10.1. The molecule has 0 spiro atoms. The molecule has 4 heteroatoms. The molecule has 0 N–H and O–H groups in total. The number of Topliss-reactive ketones (excluding diaryl/α,β-unsaturated/α-hetero) is 1. The van der Waals surface area contributed by atoms with Crippen LogP contribution in [0.25, 0.3) is 11.0 Å². The van der Waals surface area contributed by atoms with E-state index >= 15 is 0 Å². The number of ketones is 1. The Hall–Kier alpha value is -2.93. The van der Waals surface area contributed by atoms with Crippen molar-refractivity contribution < 1.29 is 13.6 Å². The lowest BCUT2D eigenvalue weighted by molar-refractivity contribution is 0.0954. The number of benzene rings is 2. The predicted molar refractivity (Wildman–Crippen MR) is 75.3 cm³/mol. The molecule has 0 aliphatic carbocycles. The van der Waals surface area contributed by atoms with Gasteiger partial charge in [0.25, 0.3) is 0 Å². The number of fused-ring (bicyclic) bond motifs is 1. The molecule has 2 aromatic carbocycles. The second kappa shape index (κ2) is 5.22. The van der Waals surface area contributed by atoms with Gasteiger partial charge in [0, 0.05) is 5.39 Å². The number of para-hydroxylation sites is 1. The van der Waals surface area contributed by atoms with Gasteiger partial charge in [0.15, 0.2) is 5.76 Å². The van der Waals surface area contributed by atoms with E-state index in [1.807, 2.05) is 24.3 Å². The van der Waals surface area contributed by atoms with Crippen molar-refractivity contribution in [3.63, 3.8) is 0 Å². The molecule has 0 amide bonds. The van der Waals surface area contributed by atoms with Gasteiger partial charge in [-0.15, -0.1) is 0 Å². The Morgan fingerprint density at radius 1 is 1.14 bits per heavy atom. The fourth-order valence-electron chi connectivity index (χ4n) is 2.19. The van der Waals surface area contributed by atoms with Crippen molar-refractivity contribution in [1.29, 1.82) is 5.26 Å². The summed E-state index contributed by atoms with van der Waals surface area (Å²) in [6, 6.07) is 16.1. The van der Waals surface area contributed by atoms with Crippen LogP contribution in [0.5, 0.6) is 0 Å². The van der Waals surface area contributed by atoms with Gasteiger partial charge >= 0.3 is 0 Å². The molecule has 1 atom stereocenters. The highest BCUT2D eigenvalue weighted by Gasteiger charge is 2.24. The van der Waals surface area contributed by atoms with Gasteiger partial charge in [0.2, 0.25) is 5.78 Å². The number of nitrogens with zero attached hydrogens (tertiary/aromatic N) is 1. The van der Waals surface area contributed by atoms with Crippen molar-refractivity contribution in [2.45, 2.75) is 5.92 Å². The Labute approximate surface area is 120 Å². The van der Waals surface area contributed by atoms with Crippen molar-refractivity contribution >= 4 is 16.8 Å². The van der Waals surface area contributed by atoms with E-state index < -0.39 is 17.5 Å². The average molecular weight is 279 g/mol. The highest BCUT2D eigenvalue weighted by Crippen LogP contribution is 2.25. The van der Waals surface area contributed by atoms with Gasteiger partial charge in [-0.05, 0) is 29.8 Å². The van der Waals surface area contributed by atoms with Gasteiger partial charge in [-0.25, -0.2) is 4.39 Å². The second-order valence-electron chi connectivity index (χ2n) is 4.63. The van der Waals surface area contributed by atoms with Crippen LogP contribution in [-0.2, 0) is 0 Å². The van der Waals surface area contributed by atoms with Gasteiger partial charge in [-0.3, -0.25) is 4.79 Å². The zero-order valence-corrected chi connectivity index (χ0v) is 10.9. The van der Waals surface area contributed by atoms with E-state index in [2.05, 4.69) is 0 Å². The van der Waals surface area contributed by atoms with Crippen molar-refractivity contribution in [3.05, 3.63) is 71.7 Å². The smallest absolute Gasteiger partial charge is 0.219 e. The molecule has 3 aromatic rings. The van der Waals surface area contributed by atoms with Crippen LogP contribution in [0.4, 0.5) is 4.39 Å². The zero-order valence-electron chi connectivity index (χ0n) is 10.9. The van der Waals surface area contributed by atoms with Crippen LogP contribution in [0.2, 0.25) is 0 Å². The van der Waals surface area contributed by atoms with Crippen LogP contribution < -0.4 is 0 Å². The maximum atomic E-state index is 12.9. The van der Waals surface area contributed by atoms with Gasteiger partial charge in [-0.2, -0.15) is 5.26 Å². The summed E-state index contributed by atoms with van der Waals surface area (Å²) in [5.41, 5.74) is 1.04. The summed E-state index contributed by atoms with van der Waals surface area (Å²) in [6.45, 7) is 0. The molecule has 1 aromatic heterocycles. The number of hydrogen-bond donors (Lipinski definition) is 0. The molecule has 0 aliphatic heterocycles. The fourth-order valence-corrected chi connectivity index (χ4v) is 2.19. The molecule has 21 heavy (non-hydrogen) atoms. The van der Waals surface area contributed by atoms with Crippen LogP contribution in [0, 0.1) is 17.1 Å². The van der Waals surface area contributed by atoms with E-state index in [9.17, 15) is 14.4 Å². The molecule has 3 rings (SSSR count). The van der Waals surface area contributed by atoms with Crippen molar-refractivity contribution in [1.82, 2.24) is 0 Å². The molecule has 0 bridgehead atoms. The Morgan fingerprint density at radius 2 is 1.86 bits per heavy atom. The lowest BCUT2D eigenvalue weighted by Gasteiger charge is -2.06. The highest BCUT2D eigenvalue weighted by atomic mass is 19.1. The van der Waals surface area contributed by atoms with Crippen LogP contribution >= 0.6 is 0 Å².